The molecule has 5 atom stereocenters. The minimum absolute atomic E-state index is 0.0164. The van der Waals surface area contributed by atoms with Gasteiger partial charge in [-0.25, -0.2) is 4.79 Å². The van der Waals surface area contributed by atoms with Gasteiger partial charge in [0.2, 0.25) is 0 Å². The van der Waals surface area contributed by atoms with Gasteiger partial charge >= 0.3 is 6.09 Å². The Morgan fingerprint density at radius 2 is 1.34 bits per heavy atom. The summed E-state index contributed by atoms with van der Waals surface area (Å²) in [5.41, 5.74) is -1.24. The minimum atomic E-state index is -2.95. The molecule has 2 heterocycles. The van der Waals surface area contributed by atoms with Gasteiger partial charge in [0.1, 0.15) is 31.0 Å². The maximum Gasteiger partial charge on any atom is 0.407 e. The van der Waals surface area contributed by atoms with Gasteiger partial charge in [-0.2, -0.15) is 0 Å². The highest BCUT2D eigenvalue weighted by atomic mass is 28.3. The number of imide groups is 1. The SMILES string of the molecule is CC(C)(C)OC[C@H]1O[C@](OCCCNC(=O)OCc2ccccc2)([SiH](c2ccccc2)c2ccccc2)[C@H](N2C(=O)c3ccccc3C2=O)[C@@H](O)[C@@H]1O. The van der Waals surface area contributed by atoms with Crippen molar-refractivity contribution in [1.29, 1.82) is 0 Å². The number of hydrogen-bond acceptors (Lipinski definition) is 9. The molecular weight excluding hydrogens is 693 g/mol. The molecule has 3 N–H and O–H groups in total. The Hall–Kier alpha value is -4.69. The number of alkyl carbamates (subject to hydrolysis) is 1. The van der Waals surface area contributed by atoms with E-state index in [-0.39, 0.29) is 43.9 Å². The van der Waals surface area contributed by atoms with Crippen molar-refractivity contribution in [1.82, 2.24) is 10.2 Å². The molecule has 2 aliphatic heterocycles. The summed E-state index contributed by atoms with van der Waals surface area (Å²) in [7, 11) is -2.95. The largest absolute Gasteiger partial charge is 0.445 e. The molecule has 278 valence electrons. The molecule has 0 bridgehead atoms. The Morgan fingerprint density at radius 1 is 0.811 bits per heavy atom. The number of carbonyl (C=O) groups excluding carboxylic acids is 3. The van der Waals surface area contributed by atoms with Crippen LogP contribution in [0.15, 0.2) is 115 Å². The number of rotatable bonds is 13. The first-order valence-electron chi connectivity index (χ1n) is 17.8. The summed E-state index contributed by atoms with van der Waals surface area (Å²) in [6.07, 6.45) is -4.66. The number of carbonyl (C=O) groups is 3. The Balaban J connectivity index is 1.39. The van der Waals surface area contributed by atoms with Crippen molar-refractivity contribution < 1.29 is 43.5 Å². The third-order valence-electron chi connectivity index (χ3n) is 9.39. The zero-order valence-corrected chi connectivity index (χ0v) is 31.2. The van der Waals surface area contributed by atoms with Crippen LogP contribution in [0.5, 0.6) is 0 Å². The maximum absolute atomic E-state index is 14.2. The molecule has 1 fully saturated rings. The molecule has 0 aliphatic carbocycles. The lowest BCUT2D eigenvalue weighted by Gasteiger charge is -2.55. The highest BCUT2D eigenvalue weighted by molar-refractivity contribution is 6.87. The number of aliphatic hydroxyl groups is 2. The monoisotopic (exact) mass is 738 g/mol. The number of nitrogens with zero attached hydrogens (tertiary/aromatic N) is 1. The molecule has 2 aliphatic rings. The molecular formula is C41H46N2O9Si. The molecule has 3 amide bonds. The van der Waals surface area contributed by atoms with Crippen LogP contribution in [0.25, 0.3) is 0 Å². The van der Waals surface area contributed by atoms with Gasteiger partial charge in [-0.05, 0) is 44.9 Å². The minimum Gasteiger partial charge on any atom is -0.445 e. The fourth-order valence-electron chi connectivity index (χ4n) is 6.94. The van der Waals surface area contributed by atoms with Gasteiger partial charge in [-0.1, -0.05) is 114 Å². The number of benzene rings is 4. The van der Waals surface area contributed by atoms with Gasteiger partial charge in [0.25, 0.3) is 11.8 Å². The summed E-state index contributed by atoms with van der Waals surface area (Å²) >= 11 is 0. The smallest absolute Gasteiger partial charge is 0.407 e. The summed E-state index contributed by atoms with van der Waals surface area (Å²) in [6, 6.07) is 33.4. The molecule has 0 saturated carbocycles. The highest BCUT2D eigenvalue weighted by Crippen LogP contribution is 2.40. The van der Waals surface area contributed by atoms with Gasteiger partial charge in [0.05, 0.1) is 29.9 Å². The normalized spacial score (nSPS) is 22.9. The van der Waals surface area contributed by atoms with E-state index >= 15 is 0 Å². The van der Waals surface area contributed by atoms with E-state index in [1.54, 1.807) is 24.3 Å². The predicted molar refractivity (Wildman–Crippen MR) is 201 cm³/mol. The van der Waals surface area contributed by atoms with Crippen molar-refractivity contribution in [2.24, 2.45) is 0 Å². The summed E-state index contributed by atoms with van der Waals surface area (Å²) in [4.78, 5) is 42.0. The zero-order valence-electron chi connectivity index (χ0n) is 30.1. The molecule has 53 heavy (non-hydrogen) atoms. The molecule has 0 unspecified atom stereocenters. The molecule has 11 nitrogen and oxygen atoms in total. The lowest BCUT2D eigenvalue weighted by molar-refractivity contribution is -0.311. The topological polar surface area (TPSA) is 144 Å². The zero-order chi connectivity index (χ0) is 37.6. The fraction of sp³-hybridized carbons (Fsp3) is 0.341. The molecule has 4 aromatic rings. The Kier molecular flexibility index (Phi) is 11.9. The van der Waals surface area contributed by atoms with Crippen LogP contribution < -0.4 is 15.7 Å². The van der Waals surface area contributed by atoms with Gasteiger partial charge in [-0.15, -0.1) is 0 Å². The number of fused-ring (bicyclic) bond motifs is 1. The lowest BCUT2D eigenvalue weighted by atomic mass is 9.95. The Morgan fingerprint density at radius 3 is 1.89 bits per heavy atom. The Labute approximate surface area is 311 Å². The number of nitrogens with one attached hydrogen (secondary N) is 1. The summed E-state index contributed by atoms with van der Waals surface area (Å²) in [6.45, 7) is 5.76. The predicted octanol–water partition coefficient (Wildman–Crippen LogP) is 3.20. The van der Waals surface area contributed by atoms with E-state index in [2.05, 4.69) is 5.32 Å². The quantitative estimate of drug-likeness (QED) is 0.107. The van der Waals surface area contributed by atoms with Gasteiger partial charge in [0, 0.05) is 6.54 Å². The number of ether oxygens (including phenoxy) is 4. The van der Waals surface area contributed by atoms with Crippen LogP contribution in [0.2, 0.25) is 0 Å². The summed E-state index contributed by atoms with van der Waals surface area (Å²) in [5.74, 6) is -1.25. The van der Waals surface area contributed by atoms with Gasteiger partial charge < -0.3 is 34.5 Å². The number of hydrogen-bond donors (Lipinski definition) is 3. The van der Waals surface area contributed by atoms with Crippen LogP contribution in [0.4, 0.5) is 4.79 Å². The molecule has 0 radical (unpaired) electrons. The van der Waals surface area contributed by atoms with Crippen molar-refractivity contribution in [2.45, 2.75) is 69.2 Å². The third kappa shape index (κ3) is 8.43. The molecule has 6 rings (SSSR count). The van der Waals surface area contributed by atoms with E-state index in [1.807, 2.05) is 112 Å². The maximum atomic E-state index is 14.2. The van der Waals surface area contributed by atoms with Crippen LogP contribution in [-0.2, 0) is 25.6 Å². The third-order valence-corrected chi connectivity index (χ3v) is 12.9. The van der Waals surface area contributed by atoms with Crippen molar-refractivity contribution >= 4 is 37.1 Å². The second-order valence-corrected chi connectivity index (χ2v) is 17.2. The van der Waals surface area contributed by atoms with Gasteiger partial charge in [0.15, 0.2) is 14.2 Å². The van der Waals surface area contributed by atoms with Crippen LogP contribution in [0.3, 0.4) is 0 Å². The van der Waals surface area contributed by atoms with Crippen LogP contribution in [0, 0.1) is 0 Å². The van der Waals surface area contributed by atoms with E-state index in [1.165, 1.54) is 0 Å². The molecule has 0 spiro atoms. The second-order valence-electron chi connectivity index (χ2n) is 14.2. The van der Waals surface area contributed by atoms with E-state index in [0.717, 1.165) is 20.8 Å². The molecule has 1 saturated heterocycles. The summed E-state index contributed by atoms with van der Waals surface area (Å²) < 4.78 is 25.4. The van der Waals surface area contributed by atoms with E-state index in [4.69, 9.17) is 18.9 Å². The average Bonchev–Trinajstić information content (AvgIpc) is 3.41. The standard InChI is InChI=1S/C41H46N2O9Si/c1-40(2,3)51-27-33-34(44)35(45)36(43-37(46)31-22-13-14-23-32(31)38(43)47)41(52-33,53(29-18-9-5-10-19-29)30-20-11-6-12-21-30)50-25-15-24-42-39(48)49-26-28-16-7-4-8-17-28/h4-14,16-23,33-36,44-45,53H,15,24-27H2,1-3H3,(H,42,48)/t33-,34-,35+,36-,41+/m1/s1. The average molecular weight is 739 g/mol. The van der Waals surface area contributed by atoms with Crippen molar-refractivity contribution in [2.75, 3.05) is 19.8 Å². The Bertz CT molecular complexity index is 1780. The van der Waals surface area contributed by atoms with E-state index in [9.17, 15) is 24.6 Å². The van der Waals surface area contributed by atoms with Crippen molar-refractivity contribution in [3.63, 3.8) is 0 Å². The molecule has 0 aromatic heterocycles. The molecule has 12 heteroatoms. The molecule has 4 aromatic carbocycles. The first kappa shape index (κ1) is 38.0. The fourth-order valence-corrected chi connectivity index (χ4v) is 10.7. The highest BCUT2D eigenvalue weighted by Gasteiger charge is 2.64. The second kappa shape index (κ2) is 16.5. The van der Waals surface area contributed by atoms with E-state index in [0.29, 0.717) is 0 Å². The van der Waals surface area contributed by atoms with Crippen LogP contribution in [-0.4, -0.2) is 96.9 Å². The first-order chi connectivity index (χ1) is 25.5. The van der Waals surface area contributed by atoms with Crippen molar-refractivity contribution in [3.05, 3.63) is 132 Å². The summed E-state index contributed by atoms with van der Waals surface area (Å²) in [5, 5.41) is 28.4. The number of amides is 3. The first-order valence-corrected chi connectivity index (χ1v) is 19.6. The van der Waals surface area contributed by atoms with Gasteiger partial charge in [-0.3, -0.25) is 14.5 Å². The van der Waals surface area contributed by atoms with E-state index < -0.39 is 62.1 Å². The van der Waals surface area contributed by atoms with Crippen LogP contribution >= 0.6 is 0 Å². The number of aliphatic hydroxyl groups excluding tert-OH is 2. The van der Waals surface area contributed by atoms with Crippen molar-refractivity contribution in [3.8, 4) is 0 Å². The van der Waals surface area contributed by atoms with Crippen LogP contribution in [0.1, 0.15) is 53.5 Å². The lowest BCUT2D eigenvalue weighted by Crippen LogP contribution is -2.80.